The van der Waals surface area contributed by atoms with E-state index in [0.717, 1.165) is 48.6 Å². The van der Waals surface area contributed by atoms with Crippen molar-refractivity contribution in [3.63, 3.8) is 0 Å². The topological polar surface area (TPSA) is 107 Å². The first-order valence-electron chi connectivity index (χ1n) is 8.82. The zero-order valence-corrected chi connectivity index (χ0v) is 14.4. The number of hydrogen-bond acceptors (Lipinski definition) is 6. The molecule has 2 aromatic rings. The molecule has 0 aromatic carbocycles. The van der Waals surface area contributed by atoms with E-state index in [2.05, 4.69) is 26.8 Å². The highest BCUT2D eigenvalue weighted by molar-refractivity contribution is 5.76. The molecule has 0 radical (unpaired) electrons. The van der Waals surface area contributed by atoms with E-state index in [1.54, 1.807) is 12.4 Å². The third-order valence-corrected chi connectivity index (χ3v) is 5.20. The van der Waals surface area contributed by atoms with Crippen LogP contribution in [0.3, 0.4) is 0 Å². The summed E-state index contributed by atoms with van der Waals surface area (Å²) >= 11 is 0. The highest BCUT2D eigenvalue weighted by atomic mass is 15.5. The summed E-state index contributed by atoms with van der Waals surface area (Å²) in [5.41, 5.74) is 18.5. The van der Waals surface area contributed by atoms with Crippen LogP contribution in [-0.2, 0) is 0 Å². The SMILES string of the molecule is Cc1cc(NC2=CC(N)(C3CCC(N)CC3)Nn3ccnc32)ccn1. The van der Waals surface area contributed by atoms with Gasteiger partial charge in [0.1, 0.15) is 5.66 Å². The van der Waals surface area contributed by atoms with Crippen molar-refractivity contribution in [2.24, 2.45) is 17.4 Å². The minimum absolute atomic E-state index is 0.300. The number of pyridine rings is 1. The summed E-state index contributed by atoms with van der Waals surface area (Å²) in [6, 6.07) is 4.25. The number of fused-ring (bicyclic) bond motifs is 1. The third kappa shape index (κ3) is 3.12. The third-order valence-electron chi connectivity index (χ3n) is 5.20. The lowest BCUT2D eigenvalue weighted by atomic mass is 9.78. The first-order valence-corrected chi connectivity index (χ1v) is 8.82. The van der Waals surface area contributed by atoms with Crippen molar-refractivity contribution in [1.82, 2.24) is 14.6 Å². The Morgan fingerprint density at radius 1 is 1.24 bits per heavy atom. The molecule has 0 bridgehead atoms. The van der Waals surface area contributed by atoms with Crippen molar-refractivity contribution in [1.29, 1.82) is 0 Å². The van der Waals surface area contributed by atoms with Gasteiger partial charge in [-0.05, 0) is 50.8 Å². The van der Waals surface area contributed by atoms with Crippen LogP contribution in [0.5, 0.6) is 0 Å². The summed E-state index contributed by atoms with van der Waals surface area (Å²) in [6.45, 7) is 1.97. The van der Waals surface area contributed by atoms with Crippen molar-refractivity contribution >= 4 is 11.4 Å². The Balaban J connectivity index is 1.66. The Hall–Kier alpha value is -2.38. The van der Waals surface area contributed by atoms with Gasteiger partial charge in [0, 0.05) is 41.9 Å². The van der Waals surface area contributed by atoms with E-state index in [0.29, 0.717) is 12.0 Å². The zero-order valence-electron chi connectivity index (χ0n) is 14.4. The van der Waals surface area contributed by atoms with Gasteiger partial charge in [-0.2, -0.15) is 0 Å². The average Bonchev–Trinajstić information content (AvgIpc) is 3.03. The number of nitrogens with zero attached hydrogens (tertiary/aromatic N) is 3. The fourth-order valence-corrected chi connectivity index (χ4v) is 3.81. The molecule has 1 saturated carbocycles. The van der Waals surface area contributed by atoms with Crippen molar-refractivity contribution < 1.29 is 0 Å². The number of nitrogens with two attached hydrogens (primary N) is 2. The largest absolute Gasteiger partial charge is 0.352 e. The van der Waals surface area contributed by atoms with Crippen molar-refractivity contribution in [2.75, 3.05) is 10.7 Å². The Kier molecular flexibility index (Phi) is 3.97. The molecule has 0 spiro atoms. The summed E-state index contributed by atoms with van der Waals surface area (Å²) < 4.78 is 1.91. The van der Waals surface area contributed by atoms with Crippen LogP contribution in [0.4, 0.5) is 5.69 Å². The molecule has 1 fully saturated rings. The van der Waals surface area contributed by atoms with Crippen LogP contribution in [0.15, 0.2) is 36.8 Å². The summed E-state index contributed by atoms with van der Waals surface area (Å²) in [6.07, 6.45) is 11.6. The van der Waals surface area contributed by atoms with Crippen LogP contribution in [0, 0.1) is 12.8 Å². The minimum atomic E-state index is -0.627. The number of rotatable bonds is 3. The summed E-state index contributed by atoms with van der Waals surface area (Å²) in [5, 5.41) is 3.46. The van der Waals surface area contributed by atoms with Crippen molar-refractivity contribution in [3.8, 4) is 0 Å². The highest BCUT2D eigenvalue weighted by Crippen LogP contribution is 2.35. The van der Waals surface area contributed by atoms with Gasteiger partial charge in [-0.1, -0.05) is 0 Å². The molecule has 1 atom stereocenters. The second-order valence-corrected chi connectivity index (χ2v) is 7.15. The first kappa shape index (κ1) is 16.1. The van der Waals surface area contributed by atoms with E-state index in [4.69, 9.17) is 11.5 Å². The monoisotopic (exact) mass is 339 g/mol. The van der Waals surface area contributed by atoms with E-state index < -0.39 is 5.66 Å². The van der Waals surface area contributed by atoms with E-state index >= 15 is 0 Å². The van der Waals surface area contributed by atoms with Gasteiger partial charge < -0.3 is 22.2 Å². The maximum absolute atomic E-state index is 6.80. The summed E-state index contributed by atoms with van der Waals surface area (Å²) in [7, 11) is 0. The number of nitrogens with one attached hydrogen (secondary N) is 2. The predicted molar refractivity (Wildman–Crippen MR) is 99.0 cm³/mol. The van der Waals surface area contributed by atoms with E-state index in [1.807, 2.05) is 29.9 Å². The molecule has 7 heteroatoms. The van der Waals surface area contributed by atoms with Crippen LogP contribution in [-0.4, -0.2) is 26.3 Å². The molecule has 4 rings (SSSR count). The average molecular weight is 339 g/mol. The van der Waals surface area contributed by atoms with Crippen LogP contribution < -0.4 is 22.2 Å². The molecule has 1 aliphatic heterocycles. The normalized spacial score (nSPS) is 28.7. The van der Waals surface area contributed by atoms with Gasteiger partial charge in [-0.3, -0.25) is 4.98 Å². The van der Waals surface area contributed by atoms with Gasteiger partial charge in [0.2, 0.25) is 0 Å². The molecular weight excluding hydrogens is 314 g/mol. The van der Waals surface area contributed by atoms with Crippen molar-refractivity contribution in [3.05, 3.63) is 48.3 Å². The standard InChI is InChI=1S/C18H25N7/c1-12-10-15(6-7-21-12)23-16-11-18(20,13-2-4-14(19)5-3-13)24-25-9-8-22-17(16)25/h6-11,13-14,24H,2-5,19-20H2,1H3,(H,21,23). The quantitative estimate of drug-likeness (QED) is 0.679. The number of anilines is 1. The van der Waals surface area contributed by atoms with Crippen molar-refractivity contribution in [2.45, 2.75) is 44.3 Å². The molecule has 2 aliphatic rings. The fraction of sp³-hybridized carbons (Fsp3) is 0.444. The molecule has 2 aromatic heterocycles. The van der Waals surface area contributed by atoms with Crippen LogP contribution in [0.2, 0.25) is 0 Å². The molecule has 0 amide bonds. The lowest BCUT2D eigenvalue weighted by Crippen LogP contribution is -2.58. The highest BCUT2D eigenvalue weighted by Gasteiger charge is 2.39. The molecule has 25 heavy (non-hydrogen) atoms. The molecule has 1 aliphatic carbocycles. The molecule has 132 valence electrons. The number of aromatic nitrogens is 3. The maximum Gasteiger partial charge on any atom is 0.174 e. The Morgan fingerprint density at radius 2 is 2.04 bits per heavy atom. The van der Waals surface area contributed by atoms with E-state index in [1.165, 1.54) is 0 Å². The molecule has 3 heterocycles. The first-order chi connectivity index (χ1) is 12.0. The van der Waals surface area contributed by atoms with Gasteiger partial charge in [0.05, 0.1) is 5.70 Å². The van der Waals surface area contributed by atoms with Gasteiger partial charge in [0.15, 0.2) is 5.82 Å². The zero-order chi connectivity index (χ0) is 17.4. The number of aryl methyl sites for hydroxylation is 1. The molecule has 0 saturated heterocycles. The number of hydrogen-bond donors (Lipinski definition) is 4. The lowest BCUT2D eigenvalue weighted by molar-refractivity contribution is 0.239. The second kappa shape index (κ2) is 6.16. The van der Waals surface area contributed by atoms with Gasteiger partial charge in [-0.15, -0.1) is 0 Å². The summed E-state index contributed by atoms with van der Waals surface area (Å²) in [4.78, 5) is 8.71. The lowest BCUT2D eigenvalue weighted by Gasteiger charge is -2.42. The summed E-state index contributed by atoms with van der Waals surface area (Å²) in [5.74, 6) is 1.15. The van der Waals surface area contributed by atoms with E-state index in [-0.39, 0.29) is 0 Å². The fourth-order valence-electron chi connectivity index (χ4n) is 3.81. The number of imidazole rings is 1. The molecule has 1 unspecified atom stereocenters. The maximum atomic E-state index is 6.80. The molecular formula is C18H25N7. The Labute approximate surface area is 147 Å². The minimum Gasteiger partial charge on any atom is -0.352 e. The van der Waals surface area contributed by atoms with Gasteiger partial charge in [0.25, 0.3) is 0 Å². The molecule has 7 nitrogen and oxygen atoms in total. The molecule has 6 N–H and O–H groups in total. The van der Waals surface area contributed by atoms with Crippen LogP contribution >= 0.6 is 0 Å². The smallest absolute Gasteiger partial charge is 0.174 e. The predicted octanol–water partition coefficient (Wildman–Crippen LogP) is 1.77. The van der Waals surface area contributed by atoms with Gasteiger partial charge >= 0.3 is 0 Å². The van der Waals surface area contributed by atoms with Crippen LogP contribution in [0.1, 0.15) is 37.2 Å². The van der Waals surface area contributed by atoms with Gasteiger partial charge in [-0.25, -0.2) is 9.66 Å². The van der Waals surface area contributed by atoms with E-state index in [9.17, 15) is 0 Å². The Morgan fingerprint density at radius 3 is 2.80 bits per heavy atom. The van der Waals surface area contributed by atoms with Crippen LogP contribution in [0.25, 0.3) is 5.70 Å². The second-order valence-electron chi connectivity index (χ2n) is 7.15. The Bertz CT molecular complexity index is 788.